The van der Waals surface area contributed by atoms with Crippen LogP contribution in [0.2, 0.25) is 0 Å². The third-order valence-corrected chi connectivity index (χ3v) is 3.61. The van der Waals surface area contributed by atoms with Crippen LogP contribution in [0.3, 0.4) is 0 Å². The van der Waals surface area contributed by atoms with Gasteiger partial charge in [-0.15, -0.1) is 0 Å². The van der Waals surface area contributed by atoms with E-state index in [-0.39, 0.29) is 6.04 Å². The minimum atomic E-state index is 0.127. The van der Waals surface area contributed by atoms with Crippen LogP contribution in [0.15, 0.2) is 24.3 Å². The monoisotopic (exact) mass is 218 g/mol. The van der Waals surface area contributed by atoms with Crippen LogP contribution in [0.25, 0.3) is 0 Å². The molecule has 0 aliphatic carbocycles. The maximum atomic E-state index is 5.90. The standard InChI is InChI=1S/C14H22N2/c1-10(2)13-8-16(9-13)14-6-4-5-12(7-14)11(3)15/h4-7,10-11,13H,8-9,15H2,1-3H3. The molecule has 1 fully saturated rings. The first-order valence-corrected chi connectivity index (χ1v) is 6.18. The number of nitrogens with zero attached hydrogens (tertiary/aromatic N) is 1. The van der Waals surface area contributed by atoms with Crippen LogP contribution in [0.5, 0.6) is 0 Å². The van der Waals surface area contributed by atoms with Gasteiger partial charge in [-0.25, -0.2) is 0 Å². The van der Waals surface area contributed by atoms with Crippen molar-refractivity contribution in [2.24, 2.45) is 17.6 Å². The minimum absolute atomic E-state index is 0.127. The first-order valence-electron chi connectivity index (χ1n) is 6.18. The summed E-state index contributed by atoms with van der Waals surface area (Å²) < 4.78 is 0. The van der Waals surface area contributed by atoms with Gasteiger partial charge < -0.3 is 10.6 Å². The summed E-state index contributed by atoms with van der Waals surface area (Å²) in [5, 5.41) is 0. The van der Waals surface area contributed by atoms with Crippen LogP contribution in [0.4, 0.5) is 5.69 Å². The molecule has 1 aliphatic heterocycles. The van der Waals surface area contributed by atoms with E-state index < -0.39 is 0 Å². The van der Waals surface area contributed by atoms with Gasteiger partial charge in [-0.2, -0.15) is 0 Å². The van der Waals surface area contributed by atoms with Crippen molar-refractivity contribution in [3.8, 4) is 0 Å². The van der Waals surface area contributed by atoms with Crippen LogP contribution in [0.1, 0.15) is 32.4 Å². The second kappa shape index (κ2) is 4.46. The van der Waals surface area contributed by atoms with Crippen molar-refractivity contribution in [3.63, 3.8) is 0 Å². The van der Waals surface area contributed by atoms with Gasteiger partial charge in [-0.05, 0) is 36.5 Å². The Morgan fingerprint density at radius 3 is 2.50 bits per heavy atom. The van der Waals surface area contributed by atoms with E-state index in [1.54, 1.807) is 0 Å². The fourth-order valence-corrected chi connectivity index (χ4v) is 2.15. The largest absolute Gasteiger partial charge is 0.371 e. The van der Waals surface area contributed by atoms with Crippen molar-refractivity contribution >= 4 is 5.69 Å². The Kier molecular flexibility index (Phi) is 3.20. The fraction of sp³-hybridized carbons (Fsp3) is 0.571. The average Bonchev–Trinajstić information content (AvgIpc) is 2.15. The molecule has 1 saturated heterocycles. The summed E-state index contributed by atoms with van der Waals surface area (Å²) in [5.41, 5.74) is 8.45. The van der Waals surface area contributed by atoms with Crippen LogP contribution >= 0.6 is 0 Å². The van der Waals surface area contributed by atoms with Crippen molar-refractivity contribution in [2.45, 2.75) is 26.8 Å². The molecule has 2 nitrogen and oxygen atoms in total. The first-order chi connectivity index (χ1) is 7.58. The zero-order valence-electron chi connectivity index (χ0n) is 10.5. The lowest BCUT2D eigenvalue weighted by Gasteiger charge is -2.43. The van der Waals surface area contributed by atoms with Crippen molar-refractivity contribution in [1.29, 1.82) is 0 Å². The topological polar surface area (TPSA) is 29.3 Å². The van der Waals surface area contributed by atoms with E-state index in [0.717, 1.165) is 11.8 Å². The maximum absolute atomic E-state index is 5.90. The van der Waals surface area contributed by atoms with Gasteiger partial charge in [0.25, 0.3) is 0 Å². The molecular formula is C14H22N2. The SMILES string of the molecule is CC(N)c1cccc(N2CC(C(C)C)C2)c1. The second-order valence-electron chi connectivity index (χ2n) is 5.29. The highest BCUT2D eigenvalue weighted by Crippen LogP contribution is 2.30. The molecule has 16 heavy (non-hydrogen) atoms. The molecule has 0 amide bonds. The summed E-state index contributed by atoms with van der Waals surface area (Å²) in [6.45, 7) is 9.03. The predicted octanol–water partition coefficient (Wildman–Crippen LogP) is 2.80. The van der Waals surface area contributed by atoms with Gasteiger partial charge in [0.05, 0.1) is 0 Å². The highest BCUT2D eigenvalue weighted by Gasteiger charge is 2.29. The Balaban J connectivity index is 2.03. The molecule has 1 aliphatic rings. The minimum Gasteiger partial charge on any atom is -0.371 e. The summed E-state index contributed by atoms with van der Waals surface area (Å²) in [4.78, 5) is 2.44. The molecule has 1 aromatic rings. The Morgan fingerprint density at radius 1 is 1.25 bits per heavy atom. The van der Waals surface area contributed by atoms with E-state index in [0.29, 0.717) is 0 Å². The summed E-state index contributed by atoms with van der Waals surface area (Å²) in [5.74, 6) is 1.66. The molecule has 2 heteroatoms. The number of nitrogens with two attached hydrogens (primary N) is 1. The lowest BCUT2D eigenvalue weighted by atomic mass is 9.88. The van der Waals surface area contributed by atoms with Gasteiger partial charge in [0, 0.05) is 24.8 Å². The van der Waals surface area contributed by atoms with Gasteiger partial charge in [0.1, 0.15) is 0 Å². The highest BCUT2D eigenvalue weighted by molar-refractivity contribution is 5.51. The molecule has 1 atom stereocenters. The number of hydrogen-bond donors (Lipinski definition) is 1. The molecule has 0 saturated carbocycles. The Bertz CT molecular complexity index is 352. The number of benzene rings is 1. The van der Waals surface area contributed by atoms with Gasteiger partial charge in [0.15, 0.2) is 0 Å². The molecule has 2 rings (SSSR count). The third kappa shape index (κ3) is 2.22. The summed E-state index contributed by atoms with van der Waals surface area (Å²) >= 11 is 0. The second-order valence-corrected chi connectivity index (χ2v) is 5.29. The molecular weight excluding hydrogens is 196 g/mol. The van der Waals surface area contributed by atoms with Crippen molar-refractivity contribution in [1.82, 2.24) is 0 Å². The van der Waals surface area contributed by atoms with E-state index >= 15 is 0 Å². The van der Waals surface area contributed by atoms with Gasteiger partial charge in [0.2, 0.25) is 0 Å². The summed E-state index contributed by atoms with van der Waals surface area (Å²) in [7, 11) is 0. The predicted molar refractivity (Wildman–Crippen MR) is 69.6 cm³/mol. The van der Waals surface area contributed by atoms with Crippen LogP contribution < -0.4 is 10.6 Å². The maximum Gasteiger partial charge on any atom is 0.0369 e. The van der Waals surface area contributed by atoms with E-state index in [1.807, 2.05) is 6.92 Å². The molecule has 1 aromatic carbocycles. The molecule has 0 aromatic heterocycles. The lowest BCUT2D eigenvalue weighted by Crippen LogP contribution is -2.49. The van der Waals surface area contributed by atoms with Gasteiger partial charge in [-0.1, -0.05) is 26.0 Å². The normalized spacial score (nSPS) is 18.7. The van der Waals surface area contributed by atoms with E-state index in [2.05, 4.69) is 43.0 Å². The summed E-state index contributed by atoms with van der Waals surface area (Å²) in [6, 6.07) is 8.75. The Hall–Kier alpha value is -1.02. The molecule has 1 heterocycles. The quantitative estimate of drug-likeness (QED) is 0.845. The van der Waals surface area contributed by atoms with Gasteiger partial charge in [-0.3, -0.25) is 0 Å². The molecule has 1 unspecified atom stereocenters. The Morgan fingerprint density at radius 2 is 1.94 bits per heavy atom. The first kappa shape index (κ1) is 11.5. The van der Waals surface area contributed by atoms with Crippen molar-refractivity contribution in [3.05, 3.63) is 29.8 Å². The molecule has 0 bridgehead atoms. The fourth-order valence-electron chi connectivity index (χ4n) is 2.15. The lowest BCUT2D eigenvalue weighted by molar-refractivity contribution is 0.310. The van der Waals surface area contributed by atoms with Crippen LogP contribution in [-0.2, 0) is 0 Å². The van der Waals surface area contributed by atoms with Crippen molar-refractivity contribution < 1.29 is 0 Å². The van der Waals surface area contributed by atoms with E-state index in [9.17, 15) is 0 Å². The van der Waals surface area contributed by atoms with Crippen LogP contribution in [-0.4, -0.2) is 13.1 Å². The zero-order chi connectivity index (χ0) is 11.7. The molecule has 0 radical (unpaired) electrons. The zero-order valence-corrected chi connectivity index (χ0v) is 10.5. The third-order valence-electron chi connectivity index (χ3n) is 3.61. The molecule has 0 spiro atoms. The highest BCUT2D eigenvalue weighted by atomic mass is 15.2. The van der Waals surface area contributed by atoms with E-state index in [1.165, 1.54) is 24.3 Å². The average molecular weight is 218 g/mol. The summed E-state index contributed by atoms with van der Waals surface area (Å²) in [6.07, 6.45) is 0. The number of rotatable bonds is 3. The number of hydrogen-bond acceptors (Lipinski definition) is 2. The molecule has 88 valence electrons. The van der Waals surface area contributed by atoms with E-state index in [4.69, 9.17) is 5.73 Å². The van der Waals surface area contributed by atoms with Crippen LogP contribution in [0, 0.1) is 11.8 Å². The number of anilines is 1. The Labute approximate surface area is 98.4 Å². The molecule has 2 N–H and O–H groups in total. The smallest absolute Gasteiger partial charge is 0.0369 e. The van der Waals surface area contributed by atoms with Gasteiger partial charge >= 0.3 is 0 Å². The van der Waals surface area contributed by atoms with Crippen molar-refractivity contribution in [2.75, 3.05) is 18.0 Å².